The molecular weight excluding hydrogens is 272 g/mol. The Balaban J connectivity index is 1.93. The van der Waals surface area contributed by atoms with Gasteiger partial charge in [-0.3, -0.25) is 0 Å². The summed E-state index contributed by atoms with van der Waals surface area (Å²) in [4.78, 5) is 11.6. The third-order valence-corrected chi connectivity index (χ3v) is 4.76. The molecule has 110 valence electrons. The summed E-state index contributed by atoms with van der Waals surface area (Å²) in [6, 6.07) is 5.29. The largest absolute Gasteiger partial charge is 0.462 e. The van der Waals surface area contributed by atoms with Crippen LogP contribution in [0.25, 0.3) is 0 Å². The quantitative estimate of drug-likeness (QED) is 0.645. The van der Waals surface area contributed by atoms with Crippen molar-refractivity contribution in [3.63, 3.8) is 0 Å². The van der Waals surface area contributed by atoms with Gasteiger partial charge in [-0.2, -0.15) is 11.8 Å². The topological polar surface area (TPSA) is 64.3 Å². The second kappa shape index (κ2) is 7.43. The van der Waals surface area contributed by atoms with E-state index in [1.807, 2.05) is 17.8 Å². The maximum atomic E-state index is 11.6. The summed E-state index contributed by atoms with van der Waals surface area (Å²) in [6.45, 7) is 3.09. The van der Waals surface area contributed by atoms with E-state index in [2.05, 4.69) is 5.32 Å². The molecule has 0 amide bonds. The summed E-state index contributed by atoms with van der Waals surface area (Å²) in [5.74, 6) is 0.928. The minimum atomic E-state index is -0.325. The third-order valence-electron chi connectivity index (χ3n) is 3.36. The number of esters is 1. The molecule has 0 spiro atoms. The van der Waals surface area contributed by atoms with Crippen LogP contribution in [0.5, 0.6) is 0 Å². The predicted molar refractivity (Wildman–Crippen MR) is 85.4 cm³/mol. The predicted octanol–water partition coefficient (Wildman–Crippen LogP) is 3.14. The SMILES string of the molecule is CCOC(=O)c1ccc(NCC2CCCCS2)c(N)c1. The zero-order chi connectivity index (χ0) is 14.4. The highest BCUT2D eigenvalue weighted by Crippen LogP contribution is 2.26. The fourth-order valence-corrected chi connectivity index (χ4v) is 3.50. The van der Waals surface area contributed by atoms with Crippen molar-refractivity contribution in [1.82, 2.24) is 0 Å². The molecule has 1 aliphatic heterocycles. The van der Waals surface area contributed by atoms with Gasteiger partial charge in [-0.05, 0) is 43.7 Å². The van der Waals surface area contributed by atoms with E-state index in [0.717, 1.165) is 12.2 Å². The van der Waals surface area contributed by atoms with Crippen LogP contribution in [-0.4, -0.2) is 30.1 Å². The van der Waals surface area contributed by atoms with Crippen LogP contribution in [-0.2, 0) is 4.74 Å². The Morgan fingerprint density at radius 3 is 3.00 bits per heavy atom. The van der Waals surface area contributed by atoms with Gasteiger partial charge in [0, 0.05) is 11.8 Å². The molecular formula is C15H22N2O2S. The van der Waals surface area contributed by atoms with Crippen LogP contribution in [0.15, 0.2) is 18.2 Å². The van der Waals surface area contributed by atoms with E-state index in [9.17, 15) is 4.79 Å². The summed E-state index contributed by atoms with van der Waals surface area (Å²) in [6.07, 6.45) is 3.91. The van der Waals surface area contributed by atoms with Gasteiger partial charge in [0.1, 0.15) is 0 Å². The molecule has 1 fully saturated rings. The van der Waals surface area contributed by atoms with Crippen molar-refractivity contribution in [2.45, 2.75) is 31.4 Å². The molecule has 1 saturated heterocycles. The second-order valence-corrected chi connectivity index (χ2v) is 6.30. The molecule has 2 rings (SSSR count). The first-order valence-corrected chi connectivity index (χ1v) is 8.17. The Kier molecular flexibility index (Phi) is 5.59. The minimum Gasteiger partial charge on any atom is -0.462 e. The van der Waals surface area contributed by atoms with Crippen molar-refractivity contribution in [1.29, 1.82) is 0 Å². The average Bonchev–Trinajstić information content (AvgIpc) is 2.47. The monoisotopic (exact) mass is 294 g/mol. The number of ether oxygens (including phenoxy) is 1. The average molecular weight is 294 g/mol. The van der Waals surface area contributed by atoms with E-state index in [1.165, 1.54) is 25.0 Å². The van der Waals surface area contributed by atoms with Gasteiger partial charge < -0.3 is 15.8 Å². The number of nitrogens with one attached hydrogen (secondary N) is 1. The number of hydrogen-bond donors (Lipinski definition) is 2. The zero-order valence-corrected chi connectivity index (χ0v) is 12.7. The van der Waals surface area contributed by atoms with Gasteiger partial charge in [0.2, 0.25) is 0 Å². The number of nitrogens with two attached hydrogens (primary N) is 1. The lowest BCUT2D eigenvalue weighted by atomic mass is 10.1. The van der Waals surface area contributed by atoms with Crippen LogP contribution < -0.4 is 11.1 Å². The Morgan fingerprint density at radius 1 is 1.50 bits per heavy atom. The number of hydrogen-bond acceptors (Lipinski definition) is 5. The fraction of sp³-hybridized carbons (Fsp3) is 0.533. The molecule has 0 saturated carbocycles. The Morgan fingerprint density at radius 2 is 2.35 bits per heavy atom. The van der Waals surface area contributed by atoms with E-state index in [-0.39, 0.29) is 5.97 Å². The van der Waals surface area contributed by atoms with Crippen molar-refractivity contribution < 1.29 is 9.53 Å². The summed E-state index contributed by atoms with van der Waals surface area (Å²) >= 11 is 2.03. The summed E-state index contributed by atoms with van der Waals surface area (Å²) in [7, 11) is 0. The van der Waals surface area contributed by atoms with Crippen molar-refractivity contribution in [2.75, 3.05) is 30.0 Å². The van der Waals surface area contributed by atoms with Crippen LogP contribution in [0.4, 0.5) is 11.4 Å². The van der Waals surface area contributed by atoms with Crippen LogP contribution in [0, 0.1) is 0 Å². The highest BCUT2D eigenvalue weighted by atomic mass is 32.2. The normalized spacial score (nSPS) is 18.6. The van der Waals surface area contributed by atoms with Gasteiger partial charge in [0.05, 0.1) is 23.5 Å². The molecule has 0 bridgehead atoms. The summed E-state index contributed by atoms with van der Waals surface area (Å²) in [5.41, 5.74) is 7.98. The summed E-state index contributed by atoms with van der Waals surface area (Å²) in [5, 5.41) is 4.04. The molecule has 1 aliphatic rings. The Bertz CT molecular complexity index is 459. The van der Waals surface area contributed by atoms with E-state index in [1.54, 1.807) is 19.1 Å². The molecule has 1 aromatic rings. The van der Waals surface area contributed by atoms with Crippen molar-refractivity contribution >= 4 is 29.1 Å². The molecule has 4 nitrogen and oxygen atoms in total. The fourth-order valence-electron chi connectivity index (χ4n) is 2.26. The number of carbonyl (C=O) groups excluding carboxylic acids is 1. The van der Waals surface area contributed by atoms with Gasteiger partial charge >= 0.3 is 5.97 Å². The minimum absolute atomic E-state index is 0.325. The van der Waals surface area contributed by atoms with Crippen LogP contribution >= 0.6 is 11.8 Å². The smallest absolute Gasteiger partial charge is 0.338 e. The van der Waals surface area contributed by atoms with Gasteiger partial charge in [0.15, 0.2) is 0 Å². The van der Waals surface area contributed by atoms with Crippen molar-refractivity contribution in [2.24, 2.45) is 0 Å². The van der Waals surface area contributed by atoms with Crippen LogP contribution in [0.2, 0.25) is 0 Å². The third kappa shape index (κ3) is 4.07. The standard InChI is InChI=1S/C15H22N2O2S/c1-2-19-15(18)11-6-7-14(13(16)9-11)17-10-12-5-3-4-8-20-12/h6-7,9,12,17H,2-5,8,10,16H2,1H3. The first-order chi connectivity index (χ1) is 9.70. The molecule has 0 aromatic heterocycles. The van der Waals surface area contributed by atoms with E-state index in [4.69, 9.17) is 10.5 Å². The van der Waals surface area contributed by atoms with Crippen LogP contribution in [0.1, 0.15) is 36.5 Å². The second-order valence-electron chi connectivity index (χ2n) is 4.89. The molecule has 1 unspecified atom stereocenters. The molecule has 0 radical (unpaired) electrons. The maximum Gasteiger partial charge on any atom is 0.338 e. The molecule has 1 aromatic carbocycles. The molecule has 3 N–H and O–H groups in total. The molecule has 0 aliphatic carbocycles. The lowest BCUT2D eigenvalue weighted by Gasteiger charge is -2.22. The van der Waals surface area contributed by atoms with Crippen molar-refractivity contribution in [3.8, 4) is 0 Å². The number of thioether (sulfide) groups is 1. The van der Waals surface area contributed by atoms with Crippen LogP contribution in [0.3, 0.4) is 0 Å². The molecule has 1 heterocycles. The van der Waals surface area contributed by atoms with E-state index in [0.29, 0.717) is 23.1 Å². The van der Waals surface area contributed by atoms with Gasteiger partial charge in [0.25, 0.3) is 0 Å². The Labute approximate surface area is 124 Å². The number of nitrogen functional groups attached to an aromatic ring is 1. The maximum absolute atomic E-state index is 11.6. The first kappa shape index (κ1) is 15.0. The number of carbonyl (C=O) groups is 1. The zero-order valence-electron chi connectivity index (χ0n) is 11.9. The lowest BCUT2D eigenvalue weighted by Crippen LogP contribution is -2.20. The Hall–Kier alpha value is -1.36. The first-order valence-electron chi connectivity index (χ1n) is 7.13. The molecule has 1 atom stereocenters. The molecule has 5 heteroatoms. The van der Waals surface area contributed by atoms with E-state index < -0.39 is 0 Å². The number of anilines is 2. The van der Waals surface area contributed by atoms with E-state index >= 15 is 0 Å². The lowest BCUT2D eigenvalue weighted by molar-refractivity contribution is 0.0526. The highest BCUT2D eigenvalue weighted by Gasteiger charge is 2.14. The van der Waals surface area contributed by atoms with Gasteiger partial charge in [-0.15, -0.1) is 0 Å². The van der Waals surface area contributed by atoms with Gasteiger partial charge in [-0.1, -0.05) is 6.42 Å². The number of rotatable bonds is 5. The van der Waals surface area contributed by atoms with Gasteiger partial charge in [-0.25, -0.2) is 4.79 Å². The number of benzene rings is 1. The highest BCUT2D eigenvalue weighted by molar-refractivity contribution is 7.99. The van der Waals surface area contributed by atoms with Crippen molar-refractivity contribution in [3.05, 3.63) is 23.8 Å². The molecule has 20 heavy (non-hydrogen) atoms. The summed E-state index contributed by atoms with van der Waals surface area (Å²) < 4.78 is 4.96.